The van der Waals surface area contributed by atoms with Gasteiger partial charge in [-0.05, 0) is 24.3 Å². The summed E-state index contributed by atoms with van der Waals surface area (Å²) in [5.41, 5.74) is 1.64. The van der Waals surface area contributed by atoms with Crippen molar-refractivity contribution in [2.75, 3.05) is 31.1 Å². The van der Waals surface area contributed by atoms with Gasteiger partial charge in [-0.3, -0.25) is 0 Å². The van der Waals surface area contributed by atoms with Crippen molar-refractivity contribution >= 4 is 33.5 Å². The monoisotopic (exact) mass is 378 g/mol. The molecule has 6 nitrogen and oxygen atoms in total. The molecule has 1 fully saturated rings. The number of piperazine rings is 1. The molecule has 2 aromatic carbocycles. The van der Waals surface area contributed by atoms with Crippen molar-refractivity contribution in [1.29, 1.82) is 0 Å². The summed E-state index contributed by atoms with van der Waals surface area (Å²) < 4.78 is 24.4. The highest BCUT2D eigenvalue weighted by molar-refractivity contribution is 7.89. The summed E-state index contributed by atoms with van der Waals surface area (Å²) in [5, 5.41) is 7.74. The van der Waals surface area contributed by atoms with Gasteiger partial charge < -0.3 is 10.2 Å². The lowest BCUT2D eigenvalue weighted by Gasteiger charge is -2.30. The maximum Gasteiger partial charge on any atom is 0.276 e. The first kappa shape index (κ1) is 17.7. The normalized spacial score (nSPS) is 15.5. The van der Waals surface area contributed by atoms with Crippen molar-refractivity contribution < 1.29 is 8.42 Å². The molecule has 0 spiro atoms. The van der Waals surface area contributed by atoms with Crippen LogP contribution >= 0.6 is 11.6 Å². The van der Waals surface area contributed by atoms with Crippen LogP contribution in [0.3, 0.4) is 0 Å². The maximum absolute atomic E-state index is 12.2. The molecule has 3 rings (SSSR count). The second kappa shape index (κ2) is 7.86. The van der Waals surface area contributed by atoms with Gasteiger partial charge in [0.05, 0.1) is 16.1 Å². The molecule has 0 aliphatic carbocycles. The molecule has 0 amide bonds. The van der Waals surface area contributed by atoms with Crippen LogP contribution in [-0.2, 0) is 10.0 Å². The summed E-state index contributed by atoms with van der Waals surface area (Å²) in [4.78, 5) is 4.60. The van der Waals surface area contributed by atoms with E-state index in [1.165, 1.54) is 18.3 Å². The number of hydrogen-bond acceptors (Lipinski definition) is 5. The van der Waals surface area contributed by atoms with Gasteiger partial charge >= 0.3 is 0 Å². The number of hydrogen-bond donors (Lipinski definition) is 2. The van der Waals surface area contributed by atoms with Crippen molar-refractivity contribution in [3.05, 3.63) is 59.1 Å². The van der Waals surface area contributed by atoms with Crippen molar-refractivity contribution in [1.82, 2.24) is 10.1 Å². The zero-order valence-electron chi connectivity index (χ0n) is 13.5. The van der Waals surface area contributed by atoms with Crippen LogP contribution in [0.5, 0.6) is 0 Å². The first-order chi connectivity index (χ1) is 12.1. The third kappa shape index (κ3) is 4.31. The Labute approximate surface area is 152 Å². The molecule has 2 N–H and O–H groups in total. The molecule has 1 aliphatic rings. The number of benzene rings is 2. The Hall–Kier alpha value is -2.09. The third-order valence-electron chi connectivity index (χ3n) is 3.91. The van der Waals surface area contributed by atoms with Gasteiger partial charge in [0.25, 0.3) is 10.0 Å². The average Bonchev–Trinajstić information content (AvgIpc) is 2.64. The molecule has 1 saturated heterocycles. The number of rotatable bonds is 5. The molecular formula is C17H19ClN4O2S. The summed E-state index contributed by atoms with van der Waals surface area (Å²) in [6.45, 7) is 3.50. The summed E-state index contributed by atoms with van der Waals surface area (Å²) in [7, 11) is -3.70. The largest absolute Gasteiger partial charge is 0.368 e. The van der Waals surface area contributed by atoms with E-state index in [-0.39, 0.29) is 4.90 Å². The Balaban J connectivity index is 1.81. The number of nitrogens with zero attached hydrogens (tertiary/aromatic N) is 2. The molecule has 0 aromatic heterocycles. The third-order valence-corrected chi connectivity index (χ3v) is 5.48. The molecule has 0 bridgehead atoms. The second-order valence-corrected chi connectivity index (χ2v) is 7.64. The van der Waals surface area contributed by atoms with E-state index in [2.05, 4.69) is 20.1 Å². The Kier molecular flexibility index (Phi) is 5.57. The number of nitrogens with one attached hydrogen (secondary N) is 2. The van der Waals surface area contributed by atoms with E-state index in [1.807, 2.05) is 12.1 Å². The number of hydrazone groups is 1. The first-order valence-electron chi connectivity index (χ1n) is 7.92. The van der Waals surface area contributed by atoms with E-state index in [9.17, 15) is 8.42 Å². The quantitative estimate of drug-likeness (QED) is 0.617. The van der Waals surface area contributed by atoms with Crippen LogP contribution in [-0.4, -0.2) is 40.8 Å². The summed E-state index contributed by atoms with van der Waals surface area (Å²) in [5.74, 6) is 0. The second-order valence-electron chi connectivity index (χ2n) is 5.58. The van der Waals surface area contributed by atoms with Crippen LogP contribution in [0.15, 0.2) is 58.5 Å². The minimum absolute atomic E-state index is 0.161. The summed E-state index contributed by atoms with van der Waals surface area (Å²) in [6, 6.07) is 13.7. The van der Waals surface area contributed by atoms with E-state index < -0.39 is 10.0 Å². The highest BCUT2D eigenvalue weighted by Gasteiger charge is 2.16. The van der Waals surface area contributed by atoms with Gasteiger partial charge in [-0.1, -0.05) is 35.9 Å². The van der Waals surface area contributed by atoms with Crippen molar-refractivity contribution in [3.8, 4) is 0 Å². The van der Waals surface area contributed by atoms with E-state index in [4.69, 9.17) is 11.6 Å². The zero-order chi connectivity index (χ0) is 17.7. The molecule has 0 saturated carbocycles. The minimum atomic E-state index is -3.70. The zero-order valence-corrected chi connectivity index (χ0v) is 15.1. The number of anilines is 1. The Morgan fingerprint density at radius 2 is 1.80 bits per heavy atom. The fraction of sp³-hybridized carbons (Fsp3) is 0.235. The topological polar surface area (TPSA) is 73.8 Å². The fourth-order valence-electron chi connectivity index (χ4n) is 2.65. The van der Waals surface area contributed by atoms with Crippen LogP contribution in [0.2, 0.25) is 5.02 Å². The molecule has 2 aromatic rings. The van der Waals surface area contributed by atoms with Crippen LogP contribution in [0.25, 0.3) is 0 Å². The van der Waals surface area contributed by atoms with Crippen LogP contribution in [0, 0.1) is 0 Å². The number of sulfonamides is 1. The Bertz CT molecular complexity index is 850. The maximum atomic E-state index is 12.2. The van der Waals surface area contributed by atoms with Crippen molar-refractivity contribution in [3.63, 3.8) is 0 Å². The summed E-state index contributed by atoms with van der Waals surface area (Å²) >= 11 is 6.30. The predicted molar refractivity (Wildman–Crippen MR) is 101 cm³/mol. The van der Waals surface area contributed by atoms with E-state index in [0.29, 0.717) is 10.6 Å². The fourth-order valence-corrected chi connectivity index (χ4v) is 3.68. The average molecular weight is 379 g/mol. The lowest BCUT2D eigenvalue weighted by atomic mass is 10.1. The Morgan fingerprint density at radius 1 is 1.08 bits per heavy atom. The molecule has 0 radical (unpaired) electrons. The molecule has 8 heteroatoms. The first-order valence-corrected chi connectivity index (χ1v) is 9.78. The van der Waals surface area contributed by atoms with E-state index >= 15 is 0 Å². The smallest absolute Gasteiger partial charge is 0.276 e. The SMILES string of the molecule is O=S(=O)(N/N=C/c1c(Cl)cccc1N1CCNCC1)c1ccccc1. The van der Waals surface area contributed by atoms with Gasteiger partial charge in [-0.2, -0.15) is 13.5 Å². The standard InChI is InChI=1S/C17H19ClN4O2S/c18-16-7-4-8-17(22-11-9-19-10-12-22)15(16)13-20-21-25(23,24)14-5-2-1-3-6-14/h1-8,13,19,21H,9-12H2/b20-13+. The molecule has 1 aliphatic heterocycles. The van der Waals surface area contributed by atoms with Gasteiger partial charge in [0.15, 0.2) is 0 Å². The van der Waals surface area contributed by atoms with Gasteiger partial charge in [0, 0.05) is 37.4 Å². The summed E-state index contributed by atoms with van der Waals surface area (Å²) in [6.07, 6.45) is 1.46. The van der Waals surface area contributed by atoms with Crippen LogP contribution < -0.4 is 15.0 Å². The number of halogens is 1. The molecule has 0 unspecified atom stereocenters. The van der Waals surface area contributed by atoms with Gasteiger partial charge in [-0.25, -0.2) is 4.83 Å². The van der Waals surface area contributed by atoms with Gasteiger partial charge in [0.2, 0.25) is 0 Å². The van der Waals surface area contributed by atoms with E-state index in [1.54, 1.807) is 24.3 Å². The van der Waals surface area contributed by atoms with Crippen molar-refractivity contribution in [2.24, 2.45) is 5.10 Å². The molecule has 1 heterocycles. The highest BCUT2D eigenvalue weighted by atomic mass is 35.5. The van der Waals surface area contributed by atoms with Crippen LogP contribution in [0.1, 0.15) is 5.56 Å². The predicted octanol–water partition coefficient (Wildman–Crippen LogP) is 2.06. The highest BCUT2D eigenvalue weighted by Crippen LogP contribution is 2.26. The van der Waals surface area contributed by atoms with E-state index in [0.717, 1.165) is 31.9 Å². The minimum Gasteiger partial charge on any atom is -0.368 e. The molecular weight excluding hydrogens is 360 g/mol. The lowest BCUT2D eigenvalue weighted by Crippen LogP contribution is -2.43. The molecule has 0 atom stereocenters. The molecule has 132 valence electrons. The van der Waals surface area contributed by atoms with Gasteiger partial charge in [-0.15, -0.1) is 0 Å². The van der Waals surface area contributed by atoms with Crippen molar-refractivity contribution in [2.45, 2.75) is 4.90 Å². The Morgan fingerprint density at radius 3 is 2.52 bits per heavy atom. The van der Waals surface area contributed by atoms with Crippen LogP contribution in [0.4, 0.5) is 5.69 Å². The van der Waals surface area contributed by atoms with Gasteiger partial charge in [0.1, 0.15) is 0 Å². The lowest BCUT2D eigenvalue weighted by molar-refractivity contribution is 0.584. The molecule has 25 heavy (non-hydrogen) atoms.